The van der Waals surface area contributed by atoms with Gasteiger partial charge in [0.2, 0.25) is 5.91 Å². The number of benzene rings is 1. The van der Waals surface area contributed by atoms with Crippen molar-refractivity contribution in [2.75, 3.05) is 14.1 Å². The Morgan fingerprint density at radius 3 is 2.49 bits per heavy atom. The molecule has 0 heterocycles. The van der Waals surface area contributed by atoms with Gasteiger partial charge in [0.25, 0.3) is 0 Å². The fraction of sp³-hybridized carbons (Fsp3) is 0.519. The van der Waals surface area contributed by atoms with Crippen LogP contribution >= 0.6 is 11.6 Å². The topological polar surface area (TPSA) is 155 Å². The van der Waals surface area contributed by atoms with Gasteiger partial charge in [-0.1, -0.05) is 31.0 Å². The third kappa shape index (κ3) is 4.13. The van der Waals surface area contributed by atoms with Crippen molar-refractivity contribution in [3.63, 3.8) is 0 Å². The minimum atomic E-state index is -2.73. The van der Waals surface area contributed by atoms with Crippen molar-refractivity contribution in [3.8, 4) is 5.75 Å². The molecular formula is C27H31ClN2O7. The summed E-state index contributed by atoms with van der Waals surface area (Å²) in [5.74, 6) is -10.6. The molecule has 2 unspecified atom stereocenters. The maximum Gasteiger partial charge on any atom is 0.235 e. The number of likely N-dealkylation sites (N-methyl/N-ethyl adjacent to an activating group) is 1. The van der Waals surface area contributed by atoms with E-state index in [2.05, 4.69) is 0 Å². The van der Waals surface area contributed by atoms with Gasteiger partial charge in [-0.25, -0.2) is 0 Å². The number of carbonyl (C=O) groups is 5. The van der Waals surface area contributed by atoms with Crippen LogP contribution in [0.25, 0.3) is 6.08 Å². The largest absolute Gasteiger partial charge is 0.507 e. The van der Waals surface area contributed by atoms with Gasteiger partial charge in [-0.2, -0.15) is 0 Å². The number of aliphatic hydroxyl groups is 1. The number of rotatable bonds is 6. The van der Waals surface area contributed by atoms with Crippen LogP contribution in [0.15, 0.2) is 17.2 Å². The Morgan fingerprint density at radius 2 is 1.89 bits per heavy atom. The van der Waals surface area contributed by atoms with Crippen molar-refractivity contribution in [3.05, 3.63) is 33.9 Å². The molecule has 10 heteroatoms. The number of hydrogen-bond acceptors (Lipinski definition) is 8. The van der Waals surface area contributed by atoms with Crippen molar-refractivity contribution in [1.82, 2.24) is 4.90 Å². The fourth-order valence-corrected chi connectivity index (χ4v) is 6.60. The average molecular weight is 531 g/mol. The van der Waals surface area contributed by atoms with Crippen LogP contribution in [-0.4, -0.2) is 69.9 Å². The lowest BCUT2D eigenvalue weighted by atomic mass is 9.52. The molecule has 37 heavy (non-hydrogen) atoms. The standard InChI is InChI=1S/C27H31ClN2O7/c1-4-5-6-14(28)9-12-7-8-17(31)19-15(12)10-13-11-16-21(30(2)3)23(33)20(26(29)36)25(35)27(16,37)24(34)18(13)22(19)32/h7-9,13,16,18,20-21,31,37H,4-6,10-11H2,1-3H3,(H2,29,36)/b14-9-/t13-,16-,18?,20?,21-,27-/m1/s1. The zero-order valence-electron chi connectivity index (χ0n) is 21.0. The van der Waals surface area contributed by atoms with Gasteiger partial charge >= 0.3 is 0 Å². The lowest BCUT2D eigenvalue weighted by molar-refractivity contribution is -0.181. The molecule has 1 aromatic rings. The Morgan fingerprint density at radius 1 is 1.22 bits per heavy atom. The van der Waals surface area contributed by atoms with Gasteiger partial charge < -0.3 is 15.9 Å². The van der Waals surface area contributed by atoms with Crippen LogP contribution in [0.4, 0.5) is 0 Å². The summed E-state index contributed by atoms with van der Waals surface area (Å²) in [7, 11) is 3.10. The van der Waals surface area contributed by atoms with E-state index < -0.39 is 64.4 Å². The molecule has 2 fully saturated rings. The Bertz CT molecular complexity index is 1240. The lowest BCUT2D eigenvalue weighted by Gasteiger charge is -2.52. The molecule has 0 aromatic heterocycles. The van der Waals surface area contributed by atoms with E-state index in [0.717, 1.165) is 12.8 Å². The van der Waals surface area contributed by atoms with E-state index in [0.29, 0.717) is 22.6 Å². The van der Waals surface area contributed by atoms with E-state index in [4.69, 9.17) is 17.3 Å². The molecular weight excluding hydrogens is 500 g/mol. The monoisotopic (exact) mass is 530 g/mol. The molecule has 0 radical (unpaired) electrons. The van der Waals surface area contributed by atoms with E-state index in [9.17, 15) is 34.2 Å². The highest BCUT2D eigenvalue weighted by molar-refractivity contribution is 6.33. The SMILES string of the molecule is CCCC/C(Cl)=C/c1ccc(O)c2c1C[C@@H]1C[C@@H]3[C@@H](N(C)C)C(=O)C(C(N)=O)C(=O)[C@]3(O)C(=O)C1C2=O. The molecule has 9 nitrogen and oxygen atoms in total. The minimum absolute atomic E-state index is 0.00622. The number of ketones is 4. The maximum absolute atomic E-state index is 13.8. The number of halogens is 1. The first-order valence-corrected chi connectivity index (χ1v) is 12.8. The summed E-state index contributed by atoms with van der Waals surface area (Å²) in [5, 5.41) is 22.8. The number of unbranched alkanes of at least 4 members (excludes halogenated alkanes) is 1. The molecule has 0 aliphatic heterocycles. The number of allylic oxidation sites excluding steroid dienone is 1. The van der Waals surface area contributed by atoms with Crippen LogP contribution in [0.3, 0.4) is 0 Å². The van der Waals surface area contributed by atoms with E-state index in [1.54, 1.807) is 26.2 Å². The number of hydrogen-bond donors (Lipinski definition) is 3. The minimum Gasteiger partial charge on any atom is -0.507 e. The van der Waals surface area contributed by atoms with Gasteiger partial charge in [0.05, 0.1) is 17.5 Å². The average Bonchev–Trinajstić information content (AvgIpc) is 2.81. The molecule has 198 valence electrons. The number of Topliss-reactive ketones (excluding diaryl/α,β-unsaturated/α-hetero) is 4. The van der Waals surface area contributed by atoms with Crippen LogP contribution in [-0.2, 0) is 25.6 Å². The molecule has 6 atom stereocenters. The molecule has 0 spiro atoms. The van der Waals surface area contributed by atoms with Crippen molar-refractivity contribution in [2.45, 2.75) is 50.7 Å². The number of amides is 1. The van der Waals surface area contributed by atoms with Gasteiger partial charge in [-0.05, 0) is 69.0 Å². The summed E-state index contributed by atoms with van der Waals surface area (Å²) in [6, 6.07) is 1.88. The predicted octanol–water partition coefficient (Wildman–Crippen LogP) is 1.64. The third-order valence-electron chi connectivity index (χ3n) is 8.06. The first-order valence-electron chi connectivity index (χ1n) is 12.4. The second kappa shape index (κ2) is 9.78. The van der Waals surface area contributed by atoms with Crippen LogP contribution in [0.2, 0.25) is 0 Å². The number of primary amides is 1. The summed E-state index contributed by atoms with van der Waals surface area (Å²) in [6.45, 7) is 2.04. The number of fused-ring (bicyclic) bond motifs is 3. The summed E-state index contributed by atoms with van der Waals surface area (Å²) >= 11 is 6.42. The number of carbonyl (C=O) groups excluding carboxylic acids is 5. The molecule has 1 amide bonds. The Labute approximate surface area is 219 Å². The molecule has 0 saturated heterocycles. The molecule has 4 rings (SSSR count). The van der Waals surface area contributed by atoms with Crippen molar-refractivity contribution >= 4 is 46.7 Å². The Kier molecular flexibility index (Phi) is 7.18. The smallest absolute Gasteiger partial charge is 0.235 e. The van der Waals surface area contributed by atoms with E-state index in [-0.39, 0.29) is 24.2 Å². The van der Waals surface area contributed by atoms with Gasteiger partial charge in [0, 0.05) is 11.0 Å². The van der Waals surface area contributed by atoms with E-state index in [1.165, 1.54) is 11.0 Å². The molecule has 4 N–H and O–H groups in total. The van der Waals surface area contributed by atoms with Gasteiger partial charge in [-0.15, -0.1) is 0 Å². The number of nitrogens with two attached hydrogens (primary N) is 1. The van der Waals surface area contributed by atoms with Crippen molar-refractivity contribution < 1.29 is 34.2 Å². The number of phenolic OH excluding ortho intramolecular Hbond substituents is 1. The predicted molar refractivity (Wildman–Crippen MR) is 135 cm³/mol. The van der Waals surface area contributed by atoms with Gasteiger partial charge in [0.1, 0.15) is 5.75 Å². The molecule has 3 aliphatic rings. The molecule has 0 bridgehead atoms. The fourth-order valence-electron chi connectivity index (χ4n) is 6.35. The van der Waals surface area contributed by atoms with Crippen LogP contribution in [0, 0.1) is 23.7 Å². The van der Waals surface area contributed by atoms with E-state index in [1.807, 2.05) is 6.92 Å². The molecule has 2 saturated carbocycles. The summed E-state index contributed by atoms with van der Waals surface area (Å²) in [5.41, 5.74) is 3.73. The van der Waals surface area contributed by atoms with Crippen LogP contribution in [0.5, 0.6) is 5.75 Å². The Balaban J connectivity index is 1.83. The lowest BCUT2D eigenvalue weighted by Crippen LogP contribution is -2.74. The first kappa shape index (κ1) is 27.2. The third-order valence-corrected chi connectivity index (χ3v) is 8.36. The van der Waals surface area contributed by atoms with Crippen LogP contribution < -0.4 is 5.73 Å². The zero-order chi connectivity index (χ0) is 27.4. The Hall–Kier alpha value is -2.88. The number of phenols is 1. The van der Waals surface area contributed by atoms with Crippen LogP contribution in [0.1, 0.15) is 54.1 Å². The first-order chi connectivity index (χ1) is 17.4. The maximum atomic E-state index is 13.8. The quantitative estimate of drug-likeness (QED) is 0.469. The molecule has 3 aliphatic carbocycles. The highest BCUT2D eigenvalue weighted by Gasteiger charge is 2.69. The normalized spacial score (nSPS) is 31.7. The number of nitrogens with zero attached hydrogens (tertiary/aromatic N) is 1. The summed E-state index contributed by atoms with van der Waals surface area (Å²) in [6.07, 6.45) is 4.44. The van der Waals surface area contributed by atoms with Crippen molar-refractivity contribution in [1.29, 1.82) is 0 Å². The van der Waals surface area contributed by atoms with E-state index >= 15 is 0 Å². The zero-order valence-corrected chi connectivity index (χ0v) is 21.7. The van der Waals surface area contributed by atoms with Crippen molar-refractivity contribution in [2.24, 2.45) is 29.4 Å². The second-order valence-corrected chi connectivity index (χ2v) is 11.0. The highest BCUT2D eigenvalue weighted by Crippen LogP contribution is 2.51. The molecule has 1 aromatic carbocycles. The highest BCUT2D eigenvalue weighted by atomic mass is 35.5. The van der Waals surface area contributed by atoms with Gasteiger partial charge in [0.15, 0.2) is 34.7 Å². The van der Waals surface area contributed by atoms with Gasteiger partial charge in [-0.3, -0.25) is 28.9 Å². The second-order valence-electron chi connectivity index (χ2n) is 10.5. The number of aromatic hydroxyl groups is 1. The summed E-state index contributed by atoms with van der Waals surface area (Å²) in [4.78, 5) is 67.4. The summed E-state index contributed by atoms with van der Waals surface area (Å²) < 4.78 is 0.